The molecular weight excluding hydrogens is 260 g/mol. The highest BCUT2D eigenvalue weighted by Gasteiger charge is 2.23. The van der Waals surface area contributed by atoms with E-state index in [-0.39, 0.29) is 6.54 Å². The van der Waals surface area contributed by atoms with Gasteiger partial charge in [0.2, 0.25) is 15.9 Å². The van der Waals surface area contributed by atoms with E-state index >= 15 is 0 Å². The molecule has 0 spiro atoms. The van der Waals surface area contributed by atoms with Crippen molar-refractivity contribution in [1.82, 2.24) is 9.62 Å². The van der Waals surface area contributed by atoms with E-state index < -0.39 is 39.6 Å². The van der Waals surface area contributed by atoms with Crippen molar-refractivity contribution in [2.24, 2.45) is 0 Å². The van der Waals surface area contributed by atoms with Crippen LogP contribution in [0.4, 0.5) is 0 Å². The molecule has 0 saturated carbocycles. The van der Waals surface area contributed by atoms with Crippen molar-refractivity contribution in [2.45, 2.75) is 32.7 Å². The molecule has 0 aliphatic heterocycles. The fraction of sp³-hybridized carbons (Fsp3) is 0.800. The van der Waals surface area contributed by atoms with Crippen molar-refractivity contribution in [2.75, 3.05) is 19.3 Å². The number of rotatable bonds is 6. The Hall–Kier alpha value is -1.15. The topological polar surface area (TPSA) is 104 Å². The number of sulfonamides is 1. The molecule has 8 heteroatoms. The molecule has 2 N–H and O–H groups in total. The van der Waals surface area contributed by atoms with Gasteiger partial charge in [-0.3, -0.25) is 9.59 Å². The van der Waals surface area contributed by atoms with Crippen LogP contribution in [0.2, 0.25) is 0 Å². The zero-order valence-corrected chi connectivity index (χ0v) is 11.9. The normalized spacial score (nSPS) is 12.5. The van der Waals surface area contributed by atoms with E-state index in [4.69, 9.17) is 5.11 Å². The SMILES string of the molecule is CN(CC(=O)NC(C)(C)C)S(=O)(=O)CCC(=O)O. The number of carbonyl (C=O) groups excluding carboxylic acids is 1. The quantitative estimate of drug-likeness (QED) is 0.691. The van der Waals surface area contributed by atoms with Gasteiger partial charge in [-0.1, -0.05) is 0 Å². The number of carboxylic acid groups (broad SMARTS) is 1. The van der Waals surface area contributed by atoms with E-state index in [2.05, 4.69) is 5.32 Å². The Morgan fingerprint density at radius 3 is 2.17 bits per heavy atom. The van der Waals surface area contributed by atoms with Crippen LogP contribution in [0.5, 0.6) is 0 Å². The summed E-state index contributed by atoms with van der Waals surface area (Å²) < 4.78 is 24.1. The average molecular weight is 280 g/mol. The number of carbonyl (C=O) groups is 2. The predicted molar refractivity (Wildman–Crippen MR) is 66.6 cm³/mol. The number of carboxylic acids is 1. The van der Waals surface area contributed by atoms with Crippen LogP contribution in [-0.2, 0) is 19.6 Å². The van der Waals surface area contributed by atoms with Crippen molar-refractivity contribution in [3.8, 4) is 0 Å². The predicted octanol–water partition coefficient (Wildman–Crippen LogP) is -0.363. The number of nitrogens with one attached hydrogen (secondary N) is 1. The van der Waals surface area contributed by atoms with Gasteiger partial charge in [-0.05, 0) is 20.8 Å². The Kier molecular flexibility index (Phi) is 5.75. The van der Waals surface area contributed by atoms with Gasteiger partial charge < -0.3 is 10.4 Å². The van der Waals surface area contributed by atoms with Crippen molar-refractivity contribution in [3.63, 3.8) is 0 Å². The number of hydrogen-bond acceptors (Lipinski definition) is 4. The maximum atomic E-state index is 11.6. The van der Waals surface area contributed by atoms with Crippen LogP contribution < -0.4 is 5.32 Å². The summed E-state index contributed by atoms with van der Waals surface area (Å²) in [5.74, 6) is -2.13. The lowest BCUT2D eigenvalue weighted by Crippen LogP contribution is -2.46. The van der Waals surface area contributed by atoms with E-state index in [0.29, 0.717) is 0 Å². The minimum Gasteiger partial charge on any atom is -0.481 e. The Balaban J connectivity index is 4.43. The summed E-state index contributed by atoms with van der Waals surface area (Å²) in [6.45, 7) is 5.02. The highest BCUT2D eigenvalue weighted by molar-refractivity contribution is 7.89. The number of likely N-dealkylation sites (N-methyl/N-ethyl adjacent to an activating group) is 1. The Morgan fingerprint density at radius 1 is 1.28 bits per heavy atom. The molecule has 18 heavy (non-hydrogen) atoms. The highest BCUT2D eigenvalue weighted by Crippen LogP contribution is 2.02. The minimum absolute atomic E-state index is 0.320. The van der Waals surface area contributed by atoms with Gasteiger partial charge in [0.05, 0.1) is 18.7 Å². The van der Waals surface area contributed by atoms with Crippen LogP contribution in [0.15, 0.2) is 0 Å². The van der Waals surface area contributed by atoms with Crippen LogP contribution >= 0.6 is 0 Å². The molecule has 7 nitrogen and oxygen atoms in total. The first kappa shape index (κ1) is 16.9. The molecule has 0 atom stereocenters. The molecule has 0 aliphatic carbocycles. The van der Waals surface area contributed by atoms with Crippen LogP contribution in [0, 0.1) is 0 Å². The van der Waals surface area contributed by atoms with E-state index in [1.807, 2.05) is 0 Å². The third-order valence-corrected chi connectivity index (χ3v) is 3.73. The average Bonchev–Trinajstić information content (AvgIpc) is 2.11. The van der Waals surface area contributed by atoms with Crippen molar-refractivity contribution >= 4 is 21.9 Å². The monoisotopic (exact) mass is 280 g/mol. The molecule has 0 radical (unpaired) electrons. The maximum Gasteiger partial charge on any atom is 0.304 e. The lowest BCUT2D eigenvalue weighted by Gasteiger charge is -2.23. The fourth-order valence-electron chi connectivity index (χ4n) is 1.13. The number of aliphatic carboxylic acids is 1. The van der Waals surface area contributed by atoms with Gasteiger partial charge in [0.25, 0.3) is 0 Å². The van der Waals surface area contributed by atoms with Crippen LogP contribution in [-0.4, -0.2) is 54.6 Å². The molecule has 0 fully saturated rings. The molecule has 1 amide bonds. The molecular formula is C10H20N2O5S. The number of nitrogens with zero attached hydrogens (tertiary/aromatic N) is 1. The standard InChI is InChI=1S/C10H20N2O5S/c1-10(2,3)11-8(13)7-12(4)18(16,17)6-5-9(14)15/h5-7H2,1-4H3,(H,11,13)(H,14,15). The van der Waals surface area contributed by atoms with Crippen molar-refractivity contribution in [1.29, 1.82) is 0 Å². The van der Waals surface area contributed by atoms with Gasteiger partial charge in [0.15, 0.2) is 0 Å². The summed E-state index contributed by atoms with van der Waals surface area (Å²) in [5, 5.41) is 11.1. The van der Waals surface area contributed by atoms with Gasteiger partial charge >= 0.3 is 5.97 Å². The van der Waals surface area contributed by atoms with E-state index in [1.54, 1.807) is 20.8 Å². The summed E-state index contributed by atoms with van der Waals surface area (Å²) in [7, 11) is -2.46. The zero-order valence-electron chi connectivity index (χ0n) is 11.1. The lowest BCUT2D eigenvalue weighted by atomic mass is 10.1. The molecule has 0 aromatic heterocycles. The van der Waals surface area contributed by atoms with E-state index in [9.17, 15) is 18.0 Å². The molecule has 0 heterocycles. The first-order valence-corrected chi connectivity index (χ1v) is 7.02. The van der Waals surface area contributed by atoms with Gasteiger partial charge in [-0.25, -0.2) is 8.42 Å². The molecule has 0 aliphatic rings. The number of hydrogen-bond donors (Lipinski definition) is 2. The van der Waals surface area contributed by atoms with Gasteiger partial charge in [0.1, 0.15) is 0 Å². The third kappa shape index (κ3) is 7.23. The Morgan fingerprint density at radius 2 is 1.78 bits per heavy atom. The molecule has 0 rings (SSSR count). The second kappa shape index (κ2) is 6.14. The van der Waals surface area contributed by atoms with Gasteiger partial charge in [-0.15, -0.1) is 0 Å². The molecule has 0 aromatic carbocycles. The first-order valence-electron chi connectivity index (χ1n) is 5.41. The summed E-state index contributed by atoms with van der Waals surface area (Å²) in [6, 6.07) is 0. The van der Waals surface area contributed by atoms with Crippen LogP contribution in [0.3, 0.4) is 0 Å². The van der Waals surface area contributed by atoms with Crippen molar-refractivity contribution < 1.29 is 23.1 Å². The smallest absolute Gasteiger partial charge is 0.304 e. The summed E-state index contributed by atoms with van der Waals surface area (Å²) in [4.78, 5) is 21.8. The second-order valence-corrected chi connectivity index (χ2v) is 7.21. The molecule has 0 saturated heterocycles. The summed E-state index contributed by atoms with van der Waals surface area (Å²) in [6.07, 6.45) is -0.479. The third-order valence-electron chi connectivity index (χ3n) is 1.93. The Labute approximate surface area is 107 Å². The lowest BCUT2D eigenvalue weighted by molar-refractivity contribution is -0.136. The molecule has 0 unspecified atom stereocenters. The maximum absolute atomic E-state index is 11.6. The van der Waals surface area contributed by atoms with Crippen LogP contribution in [0.25, 0.3) is 0 Å². The van der Waals surface area contributed by atoms with Crippen molar-refractivity contribution in [3.05, 3.63) is 0 Å². The van der Waals surface area contributed by atoms with Crippen LogP contribution in [0.1, 0.15) is 27.2 Å². The van der Waals surface area contributed by atoms with Gasteiger partial charge in [0, 0.05) is 12.6 Å². The molecule has 0 aromatic rings. The first-order chi connectivity index (χ1) is 7.94. The van der Waals surface area contributed by atoms with Gasteiger partial charge in [-0.2, -0.15) is 4.31 Å². The zero-order chi connectivity index (χ0) is 14.6. The summed E-state index contributed by atoms with van der Waals surface area (Å²) in [5.41, 5.74) is -0.442. The molecule has 0 bridgehead atoms. The fourth-order valence-corrected chi connectivity index (χ4v) is 2.19. The molecule has 106 valence electrons. The van der Waals surface area contributed by atoms with E-state index in [1.165, 1.54) is 7.05 Å². The second-order valence-electron chi connectivity index (χ2n) is 5.01. The number of amides is 1. The summed E-state index contributed by atoms with van der Waals surface area (Å²) >= 11 is 0. The minimum atomic E-state index is -3.71. The van der Waals surface area contributed by atoms with E-state index in [0.717, 1.165) is 4.31 Å². The largest absolute Gasteiger partial charge is 0.481 e. The highest BCUT2D eigenvalue weighted by atomic mass is 32.2. The Bertz CT molecular complexity index is 410.